The molecule has 0 saturated heterocycles. The number of nitrogens with two attached hydrogens (primary N) is 1. The van der Waals surface area contributed by atoms with Gasteiger partial charge in [-0.1, -0.05) is 42.8 Å². The third kappa shape index (κ3) is 11.3. The normalized spacial score (nSPS) is 13.8. The zero-order valence-electron chi connectivity index (χ0n) is 29.3. The van der Waals surface area contributed by atoms with Gasteiger partial charge in [0.05, 0.1) is 30.1 Å². The fraction of sp³-hybridized carbons (Fsp3) is 0.324. The van der Waals surface area contributed by atoms with E-state index < -0.39 is 40.0 Å². The lowest BCUT2D eigenvalue weighted by atomic mass is 10.0. The summed E-state index contributed by atoms with van der Waals surface area (Å²) in [5.74, 6) is -1.18. The van der Waals surface area contributed by atoms with Crippen LogP contribution in [0.5, 0.6) is 0 Å². The molecule has 4 aromatic rings. The van der Waals surface area contributed by atoms with Crippen molar-refractivity contribution in [2.75, 3.05) is 29.9 Å². The highest BCUT2D eigenvalue weighted by Gasteiger charge is 2.24. The SMILES string of the molecule is CC[C@H](NC[C@H](Cc1ccsc1)NC(=O)c1cc(C(=O)N[C@H](C)c2cccc(Cl)c2)cc(N(C)S(C)(=O)=O)c1)C(=O)N[C@H](C)c1ccc(N)cc1. The van der Waals surface area contributed by atoms with Gasteiger partial charge in [0, 0.05) is 41.5 Å². The highest BCUT2D eigenvalue weighted by atomic mass is 35.5. The number of thiophene rings is 1. The number of nitrogen functional groups attached to an aromatic ring is 1. The number of halogens is 1. The summed E-state index contributed by atoms with van der Waals surface area (Å²) in [7, 11) is -2.37. The average Bonchev–Trinajstić information content (AvgIpc) is 3.60. The molecule has 0 spiro atoms. The zero-order valence-corrected chi connectivity index (χ0v) is 31.7. The molecular weight excluding hydrogens is 708 g/mol. The highest BCUT2D eigenvalue weighted by molar-refractivity contribution is 7.92. The number of benzene rings is 3. The van der Waals surface area contributed by atoms with Crippen molar-refractivity contribution in [2.45, 2.75) is 57.8 Å². The van der Waals surface area contributed by atoms with Crippen LogP contribution in [-0.2, 0) is 21.2 Å². The molecule has 11 nitrogen and oxygen atoms in total. The molecule has 0 radical (unpaired) electrons. The van der Waals surface area contributed by atoms with Crippen LogP contribution in [0.2, 0.25) is 5.02 Å². The minimum absolute atomic E-state index is 0.0981. The van der Waals surface area contributed by atoms with Crippen molar-refractivity contribution in [1.82, 2.24) is 21.3 Å². The van der Waals surface area contributed by atoms with Gasteiger partial charge in [-0.2, -0.15) is 11.3 Å². The van der Waals surface area contributed by atoms with Crippen molar-refractivity contribution in [1.29, 1.82) is 0 Å². The number of amides is 3. The van der Waals surface area contributed by atoms with Gasteiger partial charge in [0.2, 0.25) is 15.9 Å². The van der Waals surface area contributed by atoms with Crippen LogP contribution >= 0.6 is 22.9 Å². The third-order valence-corrected chi connectivity index (χ3v) is 10.7. The Kier molecular flexibility index (Phi) is 13.6. The van der Waals surface area contributed by atoms with Crippen molar-refractivity contribution >= 4 is 62.1 Å². The summed E-state index contributed by atoms with van der Waals surface area (Å²) in [4.78, 5) is 40.7. The second kappa shape index (κ2) is 17.7. The Morgan fingerprint density at radius 2 is 1.53 bits per heavy atom. The van der Waals surface area contributed by atoms with Gasteiger partial charge in [0.25, 0.3) is 11.8 Å². The fourth-order valence-electron chi connectivity index (χ4n) is 5.41. The second-order valence-electron chi connectivity index (χ2n) is 12.5. The third-order valence-electron chi connectivity index (χ3n) is 8.53. The Morgan fingerprint density at radius 3 is 2.12 bits per heavy atom. The molecule has 3 aromatic carbocycles. The molecule has 0 fully saturated rings. The van der Waals surface area contributed by atoms with Crippen LogP contribution in [0, 0.1) is 0 Å². The number of hydrogen-bond donors (Lipinski definition) is 5. The number of sulfonamides is 1. The van der Waals surface area contributed by atoms with Crippen molar-refractivity contribution in [3.8, 4) is 0 Å². The molecule has 14 heteroatoms. The molecule has 3 amide bonds. The van der Waals surface area contributed by atoms with E-state index in [0.717, 1.165) is 27.3 Å². The van der Waals surface area contributed by atoms with Crippen molar-refractivity contribution in [2.24, 2.45) is 0 Å². The Bertz CT molecular complexity index is 1920. The Morgan fingerprint density at radius 1 is 0.882 bits per heavy atom. The molecular formula is C37H45ClN6O5S2. The van der Waals surface area contributed by atoms with Gasteiger partial charge in [-0.25, -0.2) is 8.42 Å². The molecule has 51 heavy (non-hydrogen) atoms. The fourth-order valence-corrected chi connectivity index (χ4v) is 6.78. The number of carbonyl (C=O) groups excluding carboxylic acids is 3. The average molecular weight is 753 g/mol. The monoisotopic (exact) mass is 752 g/mol. The molecule has 6 N–H and O–H groups in total. The van der Waals surface area contributed by atoms with E-state index in [1.165, 1.54) is 36.6 Å². The van der Waals surface area contributed by atoms with Crippen molar-refractivity contribution in [3.63, 3.8) is 0 Å². The van der Waals surface area contributed by atoms with Gasteiger partial charge in [-0.15, -0.1) is 0 Å². The Labute approximate surface area is 309 Å². The molecule has 4 atom stereocenters. The number of rotatable bonds is 16. The van der Waals surface area contributed by atoms with Gasteiger partial charge in [0.15, 0.2) is 0 Å². The largest absolute Gasteiger partial charge is 0.399 e. The van der Waals surface area contributed by atoms with Gasteiger partial charge in [-0.3, -0.25) is 18.7 Å². The minimum Gasteiger partial charge on any atom is -0.399 e. The topological polar surface area (TPSA) is 163 Å². The number of carbonyl (C=O) groups is 3. The molecule has 0 bridgehead atoms. The molecule has 272 valence electrons. The van der Waals surface area contributed by atoms with E-state index in [4.69, 9.17) is 17.3 Å². The standard InChI is InChI=1S/C37H45ClN6O5S2/c1-6-34(37(47)42-23(2)26-10-12-31(39)13-11-26)40-21-32(16-25-14-15-50-22-25)43-36(46)29-17-28(19-33(20-29)44(4)51(5,48)49)35(45)41-24(3)27-8-7-9-30(38)18-27/h7-15,17-20,22-24,32,34,40H,6,16,21,39H2,1-5H3,(H,41,45)(H,42,47)(H,43,46)/t23-,24-,32+,34+/m1/s1. The molecule has 0 unspecified atom stereocenters. The van der Waals surface area contributed by atoms with Crippen LogP contribution in [-0.4, -0.2) is 58.1 Å². The van der Waals surface area contributed by atoms with Crippen LogP contribution in [0.15, 0.2) is 83.6 Å². The van der Waals surface area contributed by atoms with E-state index >= 15 is 0 Å². The van der Waals surface area contributed by atoms with Crippen molar-refractivity contribution in [3.05, 3.63) is 116 Å². The zero-order chi connectivity index (χ0) is 37.3. The number of nitrogens with one attached hydrogen (secondary N) is 4. The van der Waals surface area contributed by atoms with E-state index in [2.05, 4.69) is 21.3 Å². The van der Waals surface area contributed by atoms with Crippen LogP contribution in [0.1, 0.15) is 76.7 Å². The molecule has 4 rings (SSSR count). The van der Waals surface area contributed by atoms with Crippen molar-refractivity contribution < 1.29 is 22.8 Å². The van der Waals surface area contributed by atoms with Gasteiger partial charge in [0.1, 0.15) is 0 Å². The molecule has 1 aromatic heterocycles. The van der Waals surface area contributed by atoms with E-state index in [0.29, 0.717) is 23.6 Å². The van der Waals surface area contributed by atoms with Crippen LogP contribution in [0.25, 0.3) is 0 Å². The quantitative estimate of drug-likeness (QED) is 0.0950. The maximum atomic E-state index is 13.9. The number of nitrogens with zero attached hydrogens (tertiary/aromatic N) is 1. The number of hydrogen-bond acceptors (Lipinski definition) is 8. The summed E-state index contributed by atoms with van der Waals surface area (Å²) in [6, 6.07) is 19.0. The van der Waals surface area contributed by atoms with E-state index in [1.807, 2.05) is 48.9 Å². The van der Waals surface area contributed by atoms with Gasteiger partial charge in [-0.05, 0) is 103 Å². The summed E-state index contributed by atoms with van der Waals surface area (Å²) < 4.78 is 26.0. The first kappa shape index (κ1) is 39.4. The first-order valence-corrected chi connectivity index (χ1v) is 19.7. The van der Waals surface area contributed by atoms with Crippen LogP contribution in [0.4, 0.5) is 11.4 Å². The van der Waals surface area contributed by atoms with Crippen LogP contribution < -0.4 is 31.3 Å². The molecule has 0 aliphatic carbocycles. The van der Waals surface area contributed by atoms with Crippen LogP contribution in [0.3, 0.4) is 0 Å². The van der Waals surface area contributed by atoms with E-state index in [1.54, 1.807) is 37.3 Å². The maximum absolute atomic E-state index is 13.9. The minimum atomic E-state index is -3.72. The Hall–Kier alpha value is -4.43. The first-order chi connectivity index (χ1) is 24.1. The predicted octanol–water partition coefficient (Wildman–Crippen LogP) is 5.46. The predicted molar refractivity (Wildman–Crippen MR) is 206 cm³/mol. The van der Waals surface area contributed by atoms with Gasteiger partial charge >= 0.3 is 0 Å². The second-order valence-corrected chi connectivity index (χ2v) is 15.8. The van der Waals surface area contributed by atoms with E-state index in [-0.39, 0.29) is 35.3 Å². The summed E-state index contributed by atoms with van der Waals surface area (Å²) in [5, 5.41) is 16.8. The van der Waals surface area contributed by atoms with Gasteiger partial charge < -0.3 is 27.0 Å². The summed E-state index contributed by atoms with van der Waals surface area (Å²) >= 11 is 7.68. The summed E-state index contributed by atoms with van der Waals surface area (Å²) in [5.41, 5.74) is 9.50. The summed E-state index contributed by atoms with van der Waals surface area (Å²) in [6.07, 6.45) is 2.01. The lowest BCUT2D eigenvalue weighted by Crippen LogP contribution is -2.50. The molecule has 1 heterocycles. The molecule has 0 aliphatic rings. The first-order valence-electron chi connectivity index (χ1n) is 16.5. The van der Waals surface area contributed by atoms with E-state index in [9.17, 15) is 22.8 Å². The lowest BCUT2D eigenvalue weighted by Gasteiger charge is -2.25. The molecule has 0 saturated carbocycles. The Balaban J connectivity index is 1.55. The smallest absolute Gasteiger partial charge is 0.251 e. The number of anilines is 2. The molecule has 0 aliphatic heterocycles. The lowest BCUT2D eigenvalue weighted by molar-refractivity contribution is -0.123. The highest BCUT2D eigenvalue weighted by Crippen LogP contribution is 2.23. The maximum Gasteiger partial charge on any atom is 0.251 e. The summed E-state index contributed by atoms with van der Waals surface area (Å²) in [6.45, 7) is 5.87.